The van der Waals surface area contributed by atoms with E-state index in [-0.39, 0.29) is 5.82 Å². The molecule has 0 saturated heterocycles. The molecule has 0 aliphatic heterocycles. The molecule has 108 valence electrons. The van der Waals surface area contributed by atoms with Gasteiger partial charge in [-0.15, -0.1) is 10.2 Å². The van der Waals surface area contributed by atoms with E-state index >= 15 is 0 Å². The van der Waals surface area contributed by atoms with Crippen LogP contribution in [0.5, 0.6) is 0 Å². The Balaban J connectivity index is 1.70. The van der Waals surface area contributed by atoms with Gasteiger partial charge in [0.05, 0.1) is 6.20 Å². The zero-order valence-electron chi connectivity index (χ0n) is 11.2. The van der Waals surface area contributed by atoms with Gasteiger partial charge >= 0.3 is 0 Å². The van der Waals surface area contributed by atoms with Gasteiger partial charge < -0.3 is 0 Å². The maximum Gasteiger partial charge on any atom is 0.235 e. The average Bonchev–Trinajstić information content (AvgIpc) is 3.12. The minimum absolute atomic E-state index is 0.256. The largest absolute Gasteiger partial charge is 0.261 e. The SMILES string of the molecule is Fc1ccc(Cc2nnc3sc(-c4cnccn4)nn23)cc1. The van der Waals surface area contributed by atoms with Crippen molar-refractivity contribution in [2.75, 3.05) is 0 Å². The third-order valence-electron chi connectivity index (χ3n) is 3.11. The molecule has 0 amide bonds. The van der Waals surface area contributed by atoms with E-state index in [1.165, 1.54) is 23.5 Å². The van der Waals surface area contributed by atoms with Gasteiger partial charge in [0.1, 0.15) is 11.5 Å². The predicted octanol–water partition coefficient (Wildman–Crippen LogP) is 2.37. The summed E-state index contributed by atoms with van der Waals surface area (Å²) >= 11 is 1.40. The Morgan fingerprint density at radius 2 is 1.95 bits per heavy atom. The number of hydrogen-bond acceptors (Lipinski definition) is 6. The molecule has 1 aromatic carbocycles. The van der Waals surface area contributed by atoms with E-state index in [2.05, 4.69) is 25.3 Å². The molecule has 0 atom stereocenters. The molecule has 0 spiro atoms. The first-order valence-electron chi connectivity index (χ1n) is 6.51. The Labute approximate surface area is 128 Å². The fourth-order valence-electron chi connectivity index (χ4n) is 2.07. The molecule has 6 nitrogen and oxygen atoms in total. The Morgan fingerprint density at radius 3 is 2.73 bits per heavy atom. The number of halogens is 1. The monoisotopic (exact) mass is 312 g/mol. The van der Waals surface area contributed by atoms with Crippen molar-refractivity contribution in [2.24, 2.45) is 0 Å². The molecule has 0 bridgehead atoms. The molecule has 4 rings (SSSR count). The van der Waals surface area contributed by atoms with Crippen LogP contribution in [-0.2, 0) is 6.42 Å². The number of aromatic nitrogens is 6. The maximum absolute atomic E-state index is 13.0. The van der Waals surface area contributed by atoms with Gasteiger partial charge in [0.15, 0.2) is 10.8 Å². The van der Waals surface area contributed by atoms with Crippen molar-refractivity contribution in [3.8, 4) is 10.7 Å². The first-order valence-corrected chi connectivity index (χ1v) is 7.33. The normalized spacial score (nSPS) is 11.1. The molecule has 0 fully saturated rings. The van der Waals surface area contributed by atoms with Crippen molar-refractivity contribution in [3.05, 3.63) is 60.1 Å². The smallest absolute Gasteiger partial charge is 0.235 e. The fraction of sp³-hybridized carbons (Fsp3) is 0.0714. The summed E-state index contributed by atoms with van der Waals surface area (Å²) in [5.74, 6) is 0.446. The summed E-state index contributed by atoms with van der Waals surface area (Å²) < 4.78 is 14.6. The van der Waals surface area contributed by atoms with E-state index in [1.54, 1.807) is 35.2 Å². The Bertz CT molecular complexity index is 916. The summed E-state index contributed by atoms with van der Waals surface area (Å²) in [5, 5.41) is 13.5. The van der Waals surface area contributed by atoms with Gasteiger partial charge in [-0.05, 0) is 17.7 Å². The molecule has 4 aromatic rings. The quantitative estimate of drug-likeness (QED) is 0.581. The molecule has 0 saturated carbocycles. The first-order chi connectivity index (χ1) is 10.8. The molecular weight excluding hydrogens is 303 g/mol. The molecular formula is C14H9FN6S. The minimum Gasteiger partial charge on any atom is -0.261 e. The number of nitrogens with zero attached hydrogens (tertiary/aromatic N) is 6. The van der Waals surface area contributed by atoms with Crippen molar-refractivity contribution >= 4 is 16.3 Å². The van der Waals surface area contributed by atoms with Gasteiger partial charge in [-0.3, -0.25) is 9.97 Å². The van der Waals surface area contributed by atoms with Crippen LogP contribution >= 0.6 is 11.3 Å². The van der Waals surface area contributed by atoms with Gasteiger partial charge in [-0.1, -0.05) is 23.5 Å². The van der Waals surface area contributed by atoms with E-state index in [0.717, 1.165) is 10.6 Å². The molecule has 0 aliphatic carbocycles. The minimum atomic E-state index is -0.256. The molecule has 0 radical (unpaired) electrons. The molecule has 3 aromatic heterocycles. The molecule has 22 heavy (non-hydrogen) atoms. The van der Waals surface area contributed by atoms with Crippen molar-refractivity contribution in [1.29, 1.82) is 0 Å². The summed E-state index contributed by atoms with van der Waals surface area (Å²) in [4.78, 5) is 8.96. The number of fused-ring (bicyclic) bond motifs is 1. The van der Waals surface area contributed by atoms with Crippen LogP contribution in [0.15, 0.2) is 42.9 Å². The highest BCUT2D eigenvalue weighted by atomic mass is 32.1. The second-order valence-corrected chi connectivity index (χ2v) is 5.57. The summed E-state index contributed by atoms with van der Waals surface area (Å²) in [5.41, 5.74) is 1.65. The molecule has 0 N–H and O–H groups in total. The van der Waals surface area contributed by atoms with Crippen LogP contribution in [-0.4, -0.2) is 29.8 Å². The second-order valence-electron chi connectivity index (χ2n) is 4.61. The lowest BCUT2D eigenvalue weighted by Crippen LogP contribution is -1.98. The number of benzene rings is 1. The van der Waals surface area contributed by atoms with E-state index < -0.39 is 0 Å². The van der Waals surface area contributed by atoms with Crippen molar-refractivity contribution < 1.29 is 4.39 Å². The van der Waals surface area contributed by atoms with Crippen molar-refractivity contribution in [2.45, 2.75) is 6.42 Å². The average molecular weight is 312 g/mol. The number of rotatable bonds is 3. The zero-order chi connectivity index (χ0) is 14.9. The maximum atomic E-state index is 13.0. The lowest BCUT2D eigenvalue weighted by Gasteiger charge is -1.98. The Hall–Kier alpha value is -2.74. The van der Waals surface area contributed by atoms with Crippen molar-refractivity contribution in [1.82, 2.24) is 29.8 Å². The van der Waals surface area contributed by atoms with Gasteiger partial charge in [0.2, 0.25) is 4.96 Å². The summed E-state index contributed by atoms with van der Waals surface area (Å²) in [7, 11) is 0. The van der Waals surface area contributed by atoms with Crippen molar-refractivity contribution in [3.63, 3.8) is 0 Å². The zero-order valence-corrected chi connectivity index (χ0v) is 12.0. The lowest BCUT2D eigenvalue weighted by molar-refractivity contribution is 0.627. The van der Waals surface area contributed by atoms with Crippen LogP contribution < -0.4 is 0 Å². The van der Waals surface area contributed by atoms with Crippen LogP contribution in [0.3, 0.4) is 0 Å². The Morgan fingerprint density at radius 1 is 1.09 bits per heavy atom. The van der Waals surface area contributed by atoms with Gasteiger partial charge in [-0.2, -0.15) is 9.61 Å². The van der Waals surface area contributed by atoms with E-state index in [1.807, 2.05) is 0 Å². The van der Waals surface area contributed by atoms with Gasteiger partial charge in [-0.25, -0.2) is 4.39 Å². The molecule has 0 unspecified atom stereocenters. The number of hydrogen-bond donors (Lipinski definition) is 0. The third-order valence-corrected chi connectivity index (χ3v) is 4.03. The highest BCUT2D eigenvalue weighted by molar-refractivity contribution is 7.19. The Kier molecular flexibility index (Phi) is 3.08. The van der Waals surface area contributed by atoms with Crippen LogP contribution in [0.25, 0.3) is 15.7 Å². The third kappa shape index (κ3) is 2.33. The summed E-state index contributed by atoms with van der Waals surface area (Å²) in [6.45, 7) is 0. The van der Waals surface area contributed by atoms with Crippen LogP contribution in [0.1, 0.15) is 11.4 Å². The molecule has 3 heterocycles. The highest BCUT2D eigenvalue weighted by Crippen LogP contribution is 2.23. The standard InChI is InChI=1S/C14H9FN6S/c15-10-3-1-9(2-4-10)7-12-18-19-14-21(12)20-13(22-14)11-8-16-5-6-17-11/h1-6,8H,7H2. The second kappa shape index (κ2) is 5.23. The topological polar surface area (TPSA) is 68.9 Å². The van der Waals surface area contributed by atoms with E-state index in [4.69, 9.17) is 0 Å². The van der Waals surface area contributed by atoms with Crippen LogP contribution in [0.4, 0.5) is 4.39 Å². The predicted molar refractivity (Wildman–Crippen MR) is 78.9 cm³/mol. The fourth-order valence-corrected chi connectivity index (χ4v) is 2.89. The summed E-state index contributed by atoms with van der Waals surface area (Å²) in [6, 6.07) is 6.32. The summed E-state index contributed by atoms with van der Waals surface area (Å²) in [6.07, 6.45) is 5.43. The van der Waals surface area contributed by atoms with Gasteiger partial charge in [0.25, 0.3) is 0 Å². The van der Waals surface area contributed by atoms with Gasteiger partial charge in [0, 0.05) is 18.8 Å². The molecule has 8 heteroatoms. The van der Waals surface area contributed by atoms with Crippen LogP contribution in [0, 0.1) is 5.82 Å². The van der Waals surface area contributed by atoms with E-state index in [0.29, 0.717) is 22.9 Å². The first kappa shape index (κ1) is 13.0. The lowest BCUT2D eigenvalue weighted by atomic mass is 10.1. The highest BCUT2D eigenvalue weighted by Gasteiger charge is 2.14. The molecule has 0 aliphatic rings. The van der Waals surface area contributed by atoms with E-state index in [9.17, 15) is 4.39 Å². The van der Waals surface area contributed by atoms with Crippen LogP contribution in [0.2, 0.25) is 0 Å².